The summed E-state index contributed by atoms with van der Waals surface area (Å²) in [5, 5.41) is 14.9. The minimum absolute atomic E-state index is 0.0741. The zero-order valence-electron chi connectivity index (χ0n) is 21.5. The highest BCUT2D eigenvalue weighted by molar-refractivity contribution is 5.76. The van der Waals surface area contributed by atoms with Crippen molar-refractivity contribution in [3.05, 3.63) is 29.8 Å². The fraction of sp³-hybridized carbons (Fsp3) is 0.750. The molecule has 0 unspecified atom stereocenters. The second-order valence-electron chi connectivity index (χ2n) is 12.3. The quantitative estimate of drug-likeness (QED) is 0.632. The van der Waals surface area contributed by atoms with E-state index in [1.807, 2.05) is 6.92 Å². The highest BCUT2D eigenvalue weighted by Gasteiger charge is 2.61. The van der Waals surface area contributed by atoms with Crippen LogP contribution >= 0.6 is 0 Å². The first-order valence-corrected chi connectivity index (χ1v) is 13.0. The van der Waals surface area contributed by atoms with Gasteiger partial charge in [0.05, 0.1) is 5.60 Å². The van der Waals surface area contributed by atoms with Gasteiger partial charge in [0.1, 0.15) is 0 Å². The molecule has 1 aromatic rings. The maximum Gasteiger partial charge on any atom is 0.222 e. The molecule has 1 aliphatic heterocycles. The summed E-state index contributed by atoms with van der Waals surface area (Å²) in [6.07, 6.45) is 7.63. The van der Waals surface area contributed by atoms with Crippen LogP contribution in [0.3, 0.4) is 0 Å². The van der Waals surface area contributed by atoms with Crippen molar-refractivity contribution in [3.8, 4) is 0 Å². The van der Waals surface area contributed by atoms with E-state index in [1.54, 1.807) is 0 Å². The SMILES string of the molecule is CN(C)c1ccc(CN[C@H]2CC(C)(C)[C@@H]3C[C@](C)(O)CC[C@@]23CCC(=O)N2CCCC2)cc1. The summed E-state index contributed by atoms with van der Waals surface area (Å²) in [6, 6.07) is 9.17. The Bertz CT molecular complexity index is 826. The van der Waals surface area contributed by atoms with Gasteiger partial charge in [-0.2, -0.15) is 0 Å². The molecule has 5 nitrogen and oxygen atoms in total. The zero-order valence-corrected chi connectivity index (χ0v) is 21.5. The minimum Gasteiger partial charge on any atom is -0.390 e. The number of fused-ring (bicyclic) bond motifs is 1. The molecule has 0 aromatic heterocycles. The topological polar surface area (TPSA) is 55.8 Å². The van der Waals surface area contributed by atoms with Crippen molar-refractivity contribution in [2.24, 2.45) is 16.7 Å². The van der Waals surface area contributed by atoms with Crippen LogP contribution in [0.1, 0.15) is 77.7 Å². The van der Waals surface area contributed by atoms with Gasteiger partial charge in [-0.25, -0.2) is 0 Å². The van der Waals surface area contributed by atoms with E-state index in [4.69, 9.17) is 0 Å². The third-order valence-corrected chi connectivity index (χ3v) is 9.10. The Labute approximate surface area is 200 Å². The third-order valence-electron chi connectivity index (χ3n) is 9.10. The molecule has 4 rings (SSSR count). The standard InChI is InChI=1S/C28H45N3O2/c1-26(2)19-24(29-20-21-8-10-22(11-9-21)30(4)5)28(15-14-27(3,33)18-23(26)28)13-12-25(32)31-16-6-7-17-31/h8-11,23-24,29,33H,6-7,12-20H2,1-5H3/t23-,24-,27+,28+/m0/s1. The van der Waals surface area contributed by atoms with E-state index in [-0.39, 0.29) is 10.8 Å². The fourth-order valence-corrected chi connectivity index (χ4v) is 7.13. The predicted octanol–water partition coefficient (Wildman–Crippen LogP) is 4.58. The highest BCUT2D eigenvalue weighted by atomic mass is 16.3. The van der Waals surface area contributed by atoms with Gasteiger partial charge in [0, 0.05) is 51.9 Å². The zero-order chi connectivity index (χ0) is 23.9. The van der Waals surface area contributed by atoms with E-state index in [2.05, 4.69) is 67.3 Å². The number of hydrogen-bond donors (Lipinski definition) is 2. The molecule has 184 valence electrons. The second kappa shape index (κ2) is 9.22. The lowest BCUT2D eigenvalue weighted by atomic mass is 9.57. The number of anilines is 1. The largest absolute Gasteiger partial charge is 0.390 e. The number of carbonyl (C=O) groups is 1. The van der Waals surface area contributed by atoms with Crippen LogP contribution in [0.2, 0.25) is 0 Å². The Morgan fingerprint density at radius 2 is 1.76 bits per heavy atom. The first-order chi connectivity index (χ1) is 15.5. The average molecular weight is 456 g/mol. The lowest BCUT2D eigenvalue weighted by Gasteiger charge is -2.51. The van der Waals surface area contributed by atoms with Crippen molar-refractivity contribution in [1.29, 1.82) is 0 Å². The van der Waals surface area contributed by atoms with Crippen molar-refractivity contribution in [3.63, 3.8) is 0 Å². The van der Waals surface area contributed by atoms with E-state index in [9.17, 15) is 9.90 Å². The lowest BCUT2D eigenvalue weighted by Crippen LogP contribution is -2.51. The number of nitrogens with one attached hydrogen (secondary N) is 1. The molecule has 2 N–H and O–H groups in total. The van der Waals surface area contributed by atoms with Crippen LogP contribution in [0, 0.1) is 16.7 Å². The smallest absolute Gasteiger partial charge is 0.222 e. The number of rotatable bonds is 7. The van der Waals surface area contributed by atoms with E-state index in [0.29, 0.717) is 24.3 Å². The maximum atomic E-state index is 13.0. The Hall–Kier alpha value is -1.59. The molecule has 0 bridgehead atoms. The highest BCUT2D eigenvalue weighted by Crippen LogP contribution is 2.64. The van der Waals surface area contributed by atoms with Gasteiger partial charge in [0.25, 0.3) is 0 Å². The summed E-state index contributed by atoms with van der Waals surface area (Å²) < 4.78 is 0. The van der Waals surface area contributed by atoms with Gasteiger partial charge in [0.2, 0.25) is 5.91 Å². The number of aliphatic hydroxyl groups is 1. The van der Waals surface area contributed by atoms with Gasteiger partial charge in [-0.1, -0.05) is 26.0 Å². The van der Waals surface area contributed by atoms with Crippen molar-refractivity contribution in [1.82, 2.24) is 10.2 Å². The predicted molar refractivity (Wildman–Crippen MR) is 135 cm³/mol. The molecule has 4 atom stereocenters. The molecule has 3 fully saturated rings. The van der Waals surface area contributed by atoms with Crippen LogP contribution in [0.15, 0.2) is 24.3 Å². The molecule has 1 saturated heterocycles. The summed E-state index contributed by atoms with van der Waals surface area (Å²) in [6.45, 7) is 9.47. The van der Waals surface area contributed by atoms with Crippen LogP contribution < -0.4 is 10.2 Å². The first-order valence-electron chi connectivity index (χ1n) is 13.0. The molecule has 2 aliphatic carbocycles. The first kappa shape index (κ1) is 24.5. The van der Waals surface area contributed by atoms with Gasteiger partial charge in [-0.15, -0.1) is 0 Å². The van der Waals surface area contributed by atoms with Gasteiger partial charge < -0.3 is 20.2 Å². The minimum atomic E-state index is -0.596. The van der Waals surface area contributed by atoms with Gasteiger partial charge >= 0.3 is 0 Å². The van der Waals surface area contributed by atoms with Crippen LogP contribution in [0.5, 0.6) is 0 Å². The molecule has 33 heavy (non-hydrogen) atoms. The summed E-state index contributed by atoms with van der Waals surface area (Å²) in [5.41, 5.74) is 2.14. The molecule has 1 aromatic carbocycles. The second-order valence-corrected chi connectivity index (χ2v) is 12.3. The van der Waals surface area contributed by atoms with E-state index in [0.717, 1.165) is 64.6 Å². The van der Waals surface area contributed by atoms with E-state index >= 15 is 0 Å². The number of nitrogens with zero attached hydrogens (tertiary/aromatic N) is 2. The Balaban J connectivity index is 1.52. The van der Waals surface area contributed by atoms with Crippen molar-refractivity contribution in [2.75, 3.05) is 32.1 Å². The van der Waals surface area contributed by atoms with Crippen molar-refractivity contribution < 1.29 is 9.90 Å². The molecule has 2 saturated carbocycles. The Morgan fingerprint density at radius 1 is 1.09 bits per heavy atom. The molecule has 0 spiro atoms. The number of likely N-dealkylation sites (tertiary alicyclic amines) is 1. The Morgan fingerprint density at radius 3 is 2.39 bits per heavy atom. The lowest BCUT2D eigenvalue weighted by molar-refractivity contribution is -0.132. The summed E-state index contributed by atoms with van der Waals surface area (Å²) >= 11 is 0. The van der Waals surface area contributed by atoms with Gasteiger partial charge in [-0.05, 0) is 86.3 Å². The Kier molecular flexibility index (Phi) is 6.85. The van der Waals surface area contributed by atoms with E-state index < -0.39 is 5.60 Å². The molecular formula is C28H45N3O2. The number of hydrogen-bond acceptors (Lipinski definition) is 4. The monoisotopic (exact) mass is 455 g/mol. The normalized spacial score (nSPS) is 33.2. The van der Waals surface area contributed by atoms with Crippen molar-refractivity contribution in [2.45, 2.75) is 90.3 Å². The molecule has 1 heterocycles. The average Bonchev–Trinajstić information content (AvgIpc) is 3.37. The molecule has 1 amide bonds. The number of carbonyl (C=O) groups excluding carboxylic acids is 1. The summed E-state index contributed by atoms with van der Waals surface area (Å²) in [4.78, 5) is 17.2. The fourth-order valence-electron chi connectivity index (χ4n) is 7.13. The number of benzene rings is 1. The molecular weight excluding hydrogens is 410 g/mol. The van der Waals surface area contributed by atoms with Crippen LogP contribution in [0.4, 0.5) is 5.69 Å². The van der Waals surface area contributed by atoms with Crippen LogP contribution in [-0.4, -0.2) is 54.7 Å². The third kappa shape index (κ3) is 5.09. The van der Waals surface area contributed by atoms with Gasteiger partial charge in [0.15, 0.2) is 0 Å². The summed E-state index contributed by atoms with van der Waals surface area (Å²) in [7, 11) is 4.14. The van der Waals surface area contributed by atoms with E-state index in [1.165, 1.54) is 11.3 Å². The molecule has 0 radical (unpaired) electrons. The summed E-state index contributed by atoms with van der Waals surface area (Å²) in [5.74, 6) is 0.759. The van der Waals surface area contributed by atoms with Crippen LogP contribution in [0.25, 0.3) is 0 Å². The molecule has 5 heteroatoms. The number of amides is 1. The molecule has 3 aliphatic rings. The van der Waals surface area contributed by atoms with Crippen molar-refractivity contribution >= 4 is 11.6 Å². The maximum absolute atomic E-state index is 13.0. The van der Waals surface area contributed by atoms with Crippen LogP contribution in [-0.2, 0) is 11.3 Å². The van der Waals surface area contributed by atoms with Gasteiger partial charge in [-0.3, -0.25) is 4.79 Å².